The number of rotatable bonds is 4. The SMILES string of the molecule is S=C=NC1C=CC=CC1(C=Cc1ccccc1)N=C=S. The Morgan fingerprint density at radius 2 is 1.90 bits per heavy atom. The van der Waals surface area contributed by atoms with Crippen molar-refractivity contribution in [2.75, 3.05) is 0 Å². The number of hydrogen-bond donors (Lipinski definition) is 0. The lowest BCUT2D eigenvalue weighted by Gasteiger charge is -2.27. The fourth-order valence-electron chi connectivity index (χ4n) is 2.00. The predicted molar refractivity (Wildman–Crippen MR) is 90.3 cm³/mol. The molecule has 1 aromatic carbocycles. The summed E-state index contributed by atoms with van der Waals surface area (Å²) in [5, 5.41) is 4.87. The number of aliphatic imine (C=N–C) groups is 2. The summed E-state index contributed by atoms with van der Waals surface area (Å²) in [7, 11) is 0. The van der Waals surface area contributed by atoms with Gasteiger partial charge in [-0.25, -0.2) is 9.98 Å². The smallest absolute Gasteiger partial charge is 0.134 e. The molecule has 0 bridgehead atoms. The maximum Gasteiger partial charge on any atom is 0.134 e. The van der Waals surface area contributed by atoms with Gasteiger partial charge in [0.15, 0.2) is 0 Å². The van der Waals surface area contributed by atoms with Crippen molar-refractivity contribution in [2.45, 2.75) is 11.6 Å². The van der Waals surface area contributed by atoms with Crippen LogP contribution in [0.2, 0.25) is 0 Å². The Balaban J connectivity index is 2.41. The standard InChI is InChI=1S/C16H12N2S2/c19-12-17-15-8-4-5-10-16(15,18-13-20)11-9-14-6-2-1-3-7-14/h1-11,15H. The lowest BCUT2D eigenvalue weighted by Crippen LogP contribution is -2.35. The molecule has 0 N–H and O–H groups in total. The molecule has 0 aromatic heterocycles. The van der Waals surface area contributed by atoms with E-state index in [4.69, 9.17) is 24.4 Å². The molecule has 0 spiro atoms. The first-order valence-electron chi connectivity index (χ1n) is 6.07. The van der Waals surface area contributed by atoms with Crippen LogP contribution >= 0.6 is 24.4 Å². The van der Waals surface area contributed by atoms with Gasteiger partial charge in [-0.15, -0.1) is 0 Å². The highest BCUT2D eigenvalue weighted by Gasteiger charge is 2.33. The van der Waals surface area contributed by atoms with Crippen molar-refractivity contribution >= 4 is 40.8 Å². The molecule has 1 aromatic rings. The predicted octanol–water partition coefficient (Wildman–Crippen LogP) is 4.14. The quantitative estimate of drug-likeness (QED) is 0.616. The Hall–Kier alpha value is -1.96. The molecule has 1 aliphatic rings. The van der Waals surface area contributed by atoms with Gasteiger partial charge >= 0.3 is 0 Å². The molecular weight excluding hydrogens is 284 g/mol. The van der Waals surface area contributed by atoms with Crippen molar-refractivity contribution in [3.63, 3.8) is 0 Å². The molecular formula is C16H12N2S2. The summed E-state index contributed by atoms with van der Waals surface area (Å²) in [6.07, 6.45) is 11.6. The molecule has 20 heavy (non-hydrogen) atoms. The van der Waals surface area contributed by atoms with Gasteiger partial charge in [0.2, 0.25) is 0 Å². The van der Waals surface area contributed by atoms with Crippen molar-refractivity contribution in [2.24, 2.45) is 9.98 Å². The molecule has 0 heterocycles. The van der Waals surface area contributed by atoms with Crippen LogP contribution < -0.4 is 0 Å². The summed E-state index contributed by atoms with van der Waals surface area (Å²) in [4.78, 5) is 8.45. The Bertz CT molecular complexity index is 648. The van der Waals surface area contributed by atoms with Crippen LogP contribution in [-0.2, 0) is 0 Å². The number of benzene rings is 1. The number of hydrogen-bond acceptors (Lipinski definition) is 4. The Morgan fingerprint density at radius 1 is 1.10 bits per heavy atom. The number of nitrogens with zero attached hydrogens (tertiary/aromatic N) is 2. The highest BCUT2D eigenvalue weighted by molar-refractivity contribution is 7.78. The molecule has 2 unspecified atom stereocenters. The molecule has 0 radical (unpaired) electrons. The summed E-state index contributed by atoms with van der Waals surface area (Å²) < 4.78 is 0. The molecule has 0 saturated carbocycles. The summed E-state index contributed by atoms with van der Waals surface area (Å²) in [5.74, 6) is 0. The third kappa shape index (κ3) is 3.32. The van der Waals surface area contributed by atoms with Gasteiger partial charge in [-0.05, 0) is 42.2 Å². The van der Waals surface area contributed by atoms with Gasteiger partial charge < -0.3 is 0 Å². The third-order valence-corrected chi connectivity index (χ3v) is 3.21. The summed E-state index contributed by atoms with van der Waals surface area (Å²) >= 11 is 9.49. The Kier molecular flexibility index (Phi) is 5.05. The fourth-order valence-corrected chi connectivity index (χ4v) is 2.27. The summed E-state index contributed by atoms with van der Waals surface area (Å²) in [5.41, 5.74) is 0.400. The molecule has 0 aliphatic heterocycles. The molecule has 2 atom stereocenters. The van der Waals surface area contributed by atoms with Crippen LogP contribution in [0.4, 0.5) is 0 Å². The van der Waals surface area contributed by atoms with Crippen LogP contribution in [0.25, 0.3) is 6.08 Å². The number of allylic oxidation sites excluding steroid dienone is 2. The van der Waals surface area contributed by atoms with Gasteiger partial charge in [-0.2, -0.15) is 0 Å². The summed E-state index contributed by atoms with van der Waals surface area (Å²) in [6, 6.07) is 9.73. The maximum absolute atomic E-state index is 4.78. The lowest BCUT2D eigenvalue weighted by molar-refractivity contribution is 0.584. The van der Waals surface area contributed by atoms with Gasteiger partial charge in [0.05, 0.1) is 10.3 Å². The highest BCUT2D eigenvalue weighted by atomic mass is 32.1. The first-order chi connectivity index (χ1) is 9.80. The lowest BCUT2D eigenvalue weighted by atomic mass is 9.86. The van der Waals surface area contributed by atoms with Crippen molar-refractivity contribution in [3.05, 3.63) is 66.3 Å². The number of isothiocyanates is 2. The molecule has 4 heteroatoms. The van der Waals surface area contributed by atoms with Crippen LogP contribution in [0.3, 0.4) is 0 Å². The zero-order valence-electron chi connectivity index (χ0n) is 10.6. The van der Waals surface area contributed by atoms with Gasteiger partial charge in [0.25, 0.3) is 0 Å². The van der Waals surface area contributed by atoms with Crippen LogP contribution in [0.15, 0.2) is 70.7 Å². The first kappa shape index (κ1) is 14.4. The van der Waals surface area contributed by atoms with E-state index in [1.807, 2.05) is 66.8 Å². The van der Waals surface area contributed by atoms with Crippen molar-refractivity contribution in [1.29, 1.82) is 0 Å². The molecule has 2 rings (SSSR count). The Labute approximate surface area is 129 Å². The zero-order valence-corrected chi connectivity index (χ0v) is 12.3. The largest absolute Gasteiger partial charge is 0.222 e. The molecule has 2 nitrogen and oxygen atoms in total. The number of thiocarbonyl (C=S) groups is 2. The van der Waals surface area contributed by atoms with E-state index < -0.39 is 5.54 Å². The topological polar surface area (TPSA) is 24.7 Å². The van der Waals surface area contributed by atoms with Crippen molar-refractivity contribution < 1.29 is 0 Å². The van der Waals surface area contributed by atoms with E-state index >= 15 is 0 Å². The van der Waals surface area contributed by atoms with Crippen molar-refractivity contribution in [1.82, 2.24) is 0 Å². The second-order valence-electron chi connectivity index (χ2n) is 4.24. The maximum atomic E-state index is 4.78. The van der Waals surface area contributed by atoms with Crippen LogP contribution in [0, 0.1) is 0 Å². The normalized spacial score (nSPS) is 24.1. The minimum Gasteiger partial charge on any atom is -0.222 e. The average Bonchev–Trinajstić information content (AvgIpc) is 2.49. The van der Waals surface area contributed by atoms with E-state index in [0.29, 0.717) is 0 Å². The van der Waals surface area contributed by atoms with Gasteiger partial charge in [0, 0.05) is 0 Å². The van der Waals surface area contributed by atoms with E-state index in [1.54, 1.807) is 0 Å². The minimum absolute atomic E-state index is 0.250. The van der Waals surface area contributed by atoms with Crippen LogP contribution in [0.5, 0.6) is 0 Å². The third-order valence-electron chi connectivity index (χ3n) is 3.01. The summed E-state index contributed by atoms with van der Waals surface area (Å²) in [6.45, 7) is 0. The van der Waals surface area contributed by atoms with Crippen molar-refractivity contribution in [3.8, 4) is 0 Å². The van der Waals surface area contributed by atoms with E-state index in [-0.39, 0.29) is 6.04 Å². The second-order valence-corrected chi connectivity index (χ2v) is 4.61. The van der Waals surface area contributed by atoms with Gasteiger partial charge in [0.1, 0.15) is 11.6 Å². The van der Waals surface area contributed by atoms with Gasteiger partial charge in [-0.1, -0.05) is 54.6 Å². The molecule has 0 fully saturated rings. The molecule has 1 aliphatic carbocycles. The average molecular weight is 296 g/mol. The minimum atomic E-state index is -0.682. The zero-order chi connectivity index (χ0) is 14.3. The first-order valence-corrected chi connectivity index (χ1v) is 6.89. The highest BCUT2D eigenvalue weighted by Crippen LogP contribution is 2.28. The fraction of sp³-hybridized carbons (Fsp3) is 0.125. The second kappa shape index (κ2) is 6.99. The van der Waals surface area contributed by atoms with Gasteiger partial charge in [-0.3, -0.25) is 0 Å². The van der Waals surface area contributed by atoms with E-state index in [1.165, 1.54) is 0 Å². The van der Waals surface area contributed by atoms with Crippen LogP contribution in [-0.4, -0.2) is 21.9 Å². The molecule has 0 saturated heterocycles. The van der Waals surface area contributed by atoms with Crippen LogP contribution in [0.1, 0.15) is 5.56 Å². The monoisotopic (exact) mass is 296 g/mol. The van der Waals surface area contributed by atoms with E-state index in [2.05, 4.69) is 20.3 Å². The van der Waals surface area contributed by atoms with E-state index in [0.717, 1.165) is 5.56 Å². The Morgan fingerprint density at radius 3 is 2.60 bits per heavy atom. The van der Waals surface area contributed by atoms with E-state index in [9.17, 15) is 0 Å². The molecule has 0 amide bonds. The molecule has 98 valence electrons.